The molecule has 25 heavy (non-hydrogen) atoms. The van der Waals surface area contributed by atoms with Crippen molar-refractivity contribution in [3.8, 4) is 5.69 Å². The van der Waals surface area contributed by atoms with Crippen LogP contribution in [0.1, 0.15) is 22.5 Å². The van der Waals surface area contributed by atoms with Gasteiger partial charge in [-0.2, -0.15) is 13.2 Å². The van der Waals surface area contributed by atoms with Crippen LogP contribution in [0.5, 0.6) is 0 Å². The number of alkyl halides is 3. The van der Waals surface area contributed by atoms with Crippen LogP contribution in [0.25, 0.3) is 5.69 Å². The molecule has 0 bridgehead atoms. The number of rotatable bonds is 4. The fourth-order valence-electron chi connectivity index (χ4n) is 2.49. The first-order chi connectivity index (χ1) is 11.9. The van der Waals surface area contributed by atoms with Gasteiger partial charge < -0.3 is 0 Å². The molecule has 0 amide bonds. The molecule has 0 saturated heterocycles. The lowest BCUT2D eigenvalue weighted by atomic mass is 10.1. The van der Waals surface area contributed by atoms with Gasteiger partial charge in [-0.15, -0.1) is 10.2 Å². The van der Waals surface area contributed by atoms with Crippen molar-refractivity contribution in [3.63, 3.8) is 0 Å². The zero-order valence-corrected chi connectivity index (χ0v) is 14.5. The summed E-state index contributed by atoms with van der Waals surface area (Å²) < 4.78 is 41.2. The van der Waals surface area contributed by atoms with Crippen molar-refractivity contribution in [3.05, 3.63) is 71.0 Å². The molecular formula is C18H16F3N3S. The van der Waals surface area contributed by atoms with Gasteiger partial charge in [-0.3, -0.25) is 4.57 Å². The van der Waals surface area contributed by atoms with Crippen LogP contribution in [0.2, 0.25) is 0 Å². The van der Waals surface area contributed by atoms with Crippen molar-refractivity contribution >= 4 is 11.8 Å². The molecule has 0 saturated carbocycles. The van der Waals surface area contributed by atoms with E-state index in [1.165, 1.54) is 23.9 Å². The molecule has 0 aliphatic rings. The minimum Gasteiger partial charge on any atom is -0.274 e. The summed E-state index contributed by atoms with van der Waals surface area (Å²) in [6.45, 7) is 3.81. The van der Waals surface area contributed by atoms with Gasteiger partial charge in [0.1, 0.15) is 5.82 Å². The van der Waals surface area contributed by atoms with E-state index >= 15 is 0 Å². The lowest BCUT2D eigenvalue weighted by molar-refractivity contribution is -0.138. The number of benzene rings is 2. The van der Waals surface area contributed by atoms with Crippen LogP contribution in [0, 0.1) is 13.8 Å². The molecule has 0 spiro atoms. The average molecular weight is 363 g/mol. The molecule has 0 N–H and O–H groups in total. The van der Waals surface area contributed by atoms with Gasteiger partial charge in [0.05, 0.1) is 5.56 Å². The molecule has 130 valence electrons. The van der Waals surface area contributed by atoms with Crippen LogP contribution in [0.4, 0.5) is 13.2 Å². The first-order valence-corrected chi connectivity index (χ1v) is 8.62. The number of nitrogens with zero attached hydrogens (tertiary/aromatic N) is 3. The van der Waals surface area contributed by atoms with Gasteiger partial charge in [0, 0.05) is 11.4 Å². The third kappa shape index (κ3) is 3.87. The smallest absolute Gasteiger partial charge is 0.274 e. The molecule has 3 nitrogen and oxygen atoms in total. The molecular weight excluding hydrogens is 347 g/mol. The van der Waals surface area contributed by atoms with E-state index in [0.717, 1.165) is 17.3 Å². The number of hydrogen-bond acceptors (Lipinski definition) is 3. The summed E-state index contributed by atoms with van der Waals surface area (Å²) in [5.74, 6) is 0.857. The second-order valence-electron chi connectivity index (χ2n) is 5.64. The zero-order valence-electron chi connectivity index (χ0n) is 13.7. The molecule has 0 radical (unpaired) electrons. The Labute approximate surface area is 147 Å². The van der Waals surface area contributed by atoms with E-state index in [4.69, 9.17) is 0 Å². The Bertz CT molecular complexity index is 870. The molecule has 0 fully saturated rings. The summed E-state index contributed by atoms with van der Waals surface area (Å²) in [7, 11) is 0. The van der Waals surface area contributed by atoms with E-state index in [1.807, 2.05) is 42.7 Å². The summed E-state index contributed by atoms with van der Waals surface area (Å²) in [6.07, 6.45) is -4.36. The van der Waals surface area contributed by atoms with Crippen molar-refractivity contribution in [2.45, 2.75) is 30.9 Å². The molecule has 3 rings (SSSR count). The Morgan fingerprint density at radius 1 is 0.960 bits per heavy atom. The third-order valence-corrected chi connectivity index (χ3v) is 4.74. The summed E-state index contributed by atoms with van der Waals surface area (Å²) in [4.78, 5) is 0. The summed E-state index contributed by atoms with van der Waals surface area (Å²) >= 11 is 1.24. The third-order valence-electron chi connectivity index (χ3n) is 3.77. The number of aromatic nitrogens is 3. The Hall–Kier alpha value is -2.28. The Morgan fingerprint density at radius 3 is 2.32 bits per heavy atom. The highest BCUT2D eigenvalue weighted by Gasteiger charge is 2.32. The van der Waals surface area contributed by atoms with Crippen LogP contribution >= 0.6 is 11.8 Å². The molecule has 7 heteroatoms. The lowest BCUT2D eigenvalue weighted by Gasteiger charge is -2.13. The van der Waals surface area contributed by atoms with Crippen LogP contribution in [0.15, 0.2) is 53.7 Å². The van der Waals surface area contributed by atoms with E-state index in [0.29, 0.717) is 11.0 Å². The molecule has 0 aliphatic carbocycles. The van der Waals surface area contributed by atoms with Crippen LogP contribution < -0.4 is 0 Å². The topological polar surface area (TPSA) is 30.7 Å². The number of hydrogen-bond donors (Lipinski definition) is 0. The molecule has 3 aromatic rings. The fourth-order valence-corrected chi connectivity index (χ4v) is 3.49. The second-order valence-corrected chi connectivity index (χ2v) is 6.59. The molecule has 0 atom stereocenters. The van der Waals surface area contributed by atoms with Crippen molar-refractivity contribution in [1.29, 1.82) is 0 Å². The Morgan fingerprint density at radius 2 is 1.64 bits per heavy atom. The molecule has 1 heterocycles. The summed E-state index contributed by atoms with van der Waals surface area (Å²) in [6, 6.07) is 13.4. The van der Waals surface area contributed by atoms with Crippen molar-refractivity contribution in [2.24, 2.45) is 0 Å². The highest BCUT2D eigenvalue weighted by molar-refractivity contribution is 7.98. The fraction of sp³-hybridized carbons (Fsp3) is 0.222. The molecule has 2 aromatic carbocycles. The number of aryl methyl sites for hydroxylation is 2. The first-order valence-electron chi connectivity index (χ1n) is 7.63. The predicted molar refractivity (Wildman–Crippen MR) is 91.8 cm³/mol. The quantitative estimate of drug-likeness (QED) is 0.597. The van der Waals surface area contributed by atoms with Crippen LogP contribution in [-0.4, -0.2) is 14.8 Å². The highest BCUT2D eigenvalue weighted by Crippen LogP contribution is 2.34. The highest BCUT2D eigenvalue weighted by atomic mass is 32.2. The van der Waals surface area contributed by atoms with E-state index < -0.39 is 11.7 Å². The van der Waals surface area contributed by atoms with Crippen molar-refractivity contribution in [2.75, 3.05) is 0 Å². The van der Waals surface area contributed by atoms with E-state index in [-0.39, 0.29) is 11.3 Å². The van der Waals surface area contributed by atoms with Gasteiger partial charge >= 0.3 is 6.18 Å². The Kier molecular flexibility index (Phi) is 4.85. The van der Waals surface area contributed by atoms with Gasteiger partial charge in [-0.25, -0.2) is 0 Å². The Balaban J connectivity index is 1.88. The normalized spacial score (nSPS) is 11.7. The van der Waals surface area contributed by atoms with Gasteiger partial charge in [0.15, 0.2) is 5.16 Å². The minimum atomic E-state index is -4.36. The summed E-state index contributed by atoms with van der Waals surface area (Å²) in [5, 5.41) is 8.75. The van der Waals surface area contributed by atoms with Crippen LogP contribution in [0.3, 0.4) is 0 Å². The van der Waals surface area contributed by atoms with E-state index in [1.54, 1.807) is 6.07 Å². The largest absolute Gasteiger partial charge is 0.416 e. The SMILES string of the molecule is Cc1ccc(-n2c(C)nnc2SCc2ccccc2C(F)(F)F)cc1. The van der Waals surface area contributed by atoms with Gasteiger partial charge in [-0.1, -0.05) is 47.7 Å². The molecule has 0 unspecified atom stereocenters. The maximum Gasteiger partial charge on any atom is 0.416 e. The standard InChI is InChI=1S/C18H16F3N3S/c1-12-7-9-15(10-8-12)24-13(2)22-23-17(24)25-11-14-5-3-4-6-16(14)18(19,20)21/h3-10H,11H2,1-2H3. The van der Waals surface area contributed by atoms with E-state index in [2.05, 4.69) is 10.2 Å². The number of thioether (sulfide) groups is 1. The first kappa shape index (κ1) is 17.5. The minimum absolute atomic E-state index is 0.166. The maximum absolute atomic E-state index is 13.1. The lowest BCUT2D eigenvalue weighted by Crippen LogP contribution is -2.08. The second kappa shape index (κ2) is 6.92. The van der Waals surface area contributed by atoms with Crippen molar-refractivity contribution < 1.29 is 13.2 Å². The summed E-state index contributed by atoms with van der Waals surface area (Å²) in [5.41, 5.74) is 1.64. The van der Waals surface area contributed by atoms with Gasteiger partial charge in [0.2, 0.25) is 0 Å². The predicted octanol–water partition coefficient (Wildman–Crippen LogP) is 5.20. The molecule has 0 aliphatic heterocycles. The number of halogens is 3. The van der Waals surface area contributed by atoms with Gasteiger partial charge in [-0.05, 0) is 37.6 Å². The van der Waals surface area contributed by atoms with Crippen LogP contribution in [-0.2, 0) is 11.9 Å². The van der Waals surface area contributed by atoms with Crippen molar-refractivity contribution in [1.82, 2.24) is 14.8 Å². The molecule has 1 aromatic heterocycles. The zero-order chi connectivity index (χ0) is 18.0. The van der Waals surface area contributed by atoms with E-state index in [9.17, 15) is 13.2 Å². The maximum atomic E-state index is 13.1. The average Bonchev–Trinajstić information content (AvgIpc) is 2.94. The monoisotopic (exact) mass is 363 g/mol. The van der Waals surface area contributed by atoms with Gasteiger partial charge in [0.25, 0.3) is 0 Å².